The van der Waals surface area contributed by atoms with Gasteiger partial charge in [-0.2, -0.15) is 0 Å². The summed E-state index contributed by atoms with van der Waals surface area (Å²) in [6, 6.07) is 8.94. The molecule has 0 aromatic heterocycles. The Bertz CT molecular complexity index is 482. The van der Waals surface area contributed by atoms with Gasteiger partial charge in [-0.15, -0.1) is 0 Å². The minimum Gasteiger partial charge on any atom is -0.481 e. The van der Waals surface area contributed by atoms with Crippen molar-refractivity contribution in [2.75, 3.05) is 6.54 Å². The van der Waals surface area contributed by atoms with Crippen molar-refractivity contribution in [3.8, 4) is 0 Å². The van der Waals surface area contributed by atoms with Gasteiger partial charge in [0.1, 0.15) is 0 Å². The van der Waals surface area contributed by atoms with Crippen LogP contribution in [0.25, 0.3) is 0 Å². The lowest BCUT2D eigenvalue weighted by Crippen LogP contribution is -2.40. The van der Waals surface area contributed by atoms with E-state index < -0.39 is 11.4 Å². The smallest absolute Gasteiger partial charge is 0.314 e. The number of amides is 1. The van der Waals surface area contributed by atoms with Gasteiger partial charge in [-0.3, -0.25) is 9.59 Å². The molecule has 0 saturated heterocycles. The van der Waals surface area contributed by atoms with Crippen molar-refractivity contribution in [1.29, 1.82) is 0 Å². The van der Waals surface area contributed by atoms with Crippen LogP contribution in [-0.2, 0) is 15.0 Å². The van der Waals surface area contributed by atoms with E-state index >= 15 is 0 Å². The van der Waals surface area contributed by atoms with Crippen LogP contribution in [-0.4, -0.2) is 23.5 Å². The number of rotatable bonds is 6. The lowest BCUT2D eigenvalue weighted by atomic mass is 9.79. The Labute approximate surface area is 119 Å². The molecule has 2 N–H and O–H groups in total. The molecule has 1 aromatic carbocycles. The monoisotopic (exact) mass is 275 g/mol. The number of carbonyl (C=O) groups excluding carboxylic acids is 1. The zero-order valence-electron chi connectivity index (χ0n) is 11.8. The van der Waals surface area contributed by atoms with E-state index in [0.29, 0.717) is 18.0 Å². The first-order valence-electron chi connectivity index (χ1n) is 7.08. The minimum absolute atomic E-state index is 0.0287. The minimum atomic E-state index is -1.18. The lowest BCUT2D eigenvalue weighted by molar-refractivity contribution is -0.145. The Kier molecular flexibility index (Phi) is 4.42. The van der Waals surface area contributed by atoms with Crippen molar-refractivity contribution in [2.24, 2.45) is 5.92 Å². The second-order valence-electron chi connectivity index (χ2n) is 5.78. The quantitative estimate of drug-likeness (QED) is 0.837. The average molecular weight is 275 g/mol. The molecule has 1 aromatic rings. The molecular formula is C16H21NO3. The molecule has 1 aliphatic carbocycles. The Morgan fingerprint density at radius 3 is 2.45 bits per heavy atom. The van der Waals surface area contributed by atoms with Crippen LogP contribution in [0.1, 0.15) is 38.2 Å². The fourth-order valence-corrected chi connectivity index (χ4v) is 2.45. The number of hydrogen-bond donors (Lipinski definition) is 2. The molecule has 1 amide bonds. The summed E-state index contributed by atoms with van der Waals surface area (Å²) in [4.78, 5) is 23.6. The second-order valence-corrected chi connectivity index (χ2v) is 5.78. The van der Waals surface area contributed by atoms with Gasteiger partial charge in [0.05, 0.1) is 5.41 Å². The van der Waals surface area contributed by atoms with Gasteiger partial charge < -0.3 is 10.4 Å². The van der Waals surface area contributed by atoms with Gasteiger partial charge in [-0.05, 0) is 31.2 Å². The second kappa shape index (κ2) is 6.07. The summed E-state index contributed by atoms with van der Waals surface area (Å²) in [5.74, 6) is -0.583. The molecule has 108 valence electrons. The van der Waals surface area contributed by atoms with E-state index in [4.69, 9.17) is 0 Å². The molecule has 0 spiro atoms. The first kappa shape index (κ1) is 14.6. The van der Waals surface area contributed by atoms with Gasteiger partial charge in [0.15, 0.2) is 0 Å². The fourth-order valence-electron chi connectivity index (χ4n) is 2.45. The molecule has 4 nitrogen and oxygen atoms in total. The number of carboxylic acid groups (broad SMARTS) is 1. The van der Waals surface area contributed by atoms with Gasteiger partial charge in [-0.1, -0.05) is 36.8 Å². The summed E-state index contributed by atoms with van der Waals surface area (Å²) in [6.45, 7) is 2.27. The molecule has 0 radical (unpaired) electrons. The van der Waals surface area contributed by atoms with E-state index in [1.54, 1.807) is 31.2 Å². The van der Waals surface area contributed by atoms with E-state index in [2.05, 4.69) is 5.32 Å². The topological polar surface area (TPSA) is 66.4 Å². The summed E-state index contributed by atoms with van der Waals surface area (Å²) < 4.78 is 0. The van der Waals surface area contributed by atoms with Crippen LogP contribution >= 0.6 is 0 Å². The predicted molar refractivity (Wildman–Crippen MR) is 76.4 cm³/mol. The molecule has 0 bridgehead atoms. The Morgan fingerprint density at radius 2 is 1.95 bits per heavy atom. The highest BCUT2D eigenvalue weighted by Gasteiger charge is 2.37. The van der Waals surface area contributed by atoms with Crippen LogP contribution in [0.4, 0.5) is 0 Å². The SMILES string of the molecule is CC(CC(=O)NCC1CCC1)(C(=O)O)c1ccccc1. The molecular weight excluding hydrogens is 254 g/mol. The zero-order valence-corrected chi connectivity index (χ0v) is 11.8. The zero-order chi connectivity index (χ0) is 14.6. The van der Waals surface area contributed by atoms with Gasteiger partial charge >= 0.3 is 5.97 Å². The van der Waals surface area contributed by atoms with Crippen LogP contribution in [0.5, 0.6) is 0 Å². The summed E-state index contributed by atoms with van der Waals surface area (Å²) in [5.41, 5.74) is -0.517. The van der Waals surface area contributed by atoms with E-state index in [1.807, 2.05) is 6.07 Å². The highest BCUT2D eigenvalue weighted by Crippen LogP contribution is 2.28. The predicted octanol–water partition coefficient (Wildman–Crippen LogP) is 2.34. The van der Waals surface area contributed by atoms with Crippen molar-refractivity contribution in [1.82, 2.24) is 5.32 Å². The first-order chi connectivity index (χ1) is 9.52. The van der Waals surface area contributed by atoms with Crippen LogP contribution in [0.3, 0.4) is 0 Å². The standard InChI is InChI=1S/C16H21NO3/c1-16(15(19)20,13-8-3-2-4-9-13)10-14(18)17-11-12-6-5-7-12/h2-4,8-9,12H,5-7,10-11H2,1H3,(H,17,18)(H,19,20). The third-order valence-corrected chi connectivity index (χ3v) is 4.21. The third kappa shape index (κ3) is 3.18. The summed E-state index contributed by atoms with van der Waals surface area (Å²) >= 11 is 0. The van der Waals surface area contributed by atoms with Crippen molar-refractivity contribution in [3.63, 3.8) is 0 Å². The highest BCUT2D eigenvalue weighted by molar-refractivity contribution is 5.89. The first-order valence-corrected chi connectivity index (χ1v) is 7.08. The van der Waals surface area contributed by atoms with Crippen LogP contribution < -0.4 is 5.32 Å². The van der Waals surface area contributed by atoms with Gasteiger partial charge in [-0.25, -0.2) is 0 Å². The summed E-state index contributed by atoms with van der Waals surface area (Å²) in [7, 11) is 0. The Morgan fingerprint density at radius 1 is 1.30 bits per heavy atom. The van der Waals surface area contributed by atoms with Gasteiger partial charge in [0, 0.05) is 13.0 Å². The molecule has 1 unspecified atom stereocenters. The number of carboxylic acids is 1. The number of benzene rings is 1. The van der Waals surface area contributed by atoms with E-state index in [0.717, 1.165) is 12.8 Å². The normalized spacial score (nSPS) is 17.9. The average Bonchev–Trinajstić information content (AvgIpc) is 2.37. The molecule has 1 aliphatic rings. The van der Waals surface area contributed by atoms with E-state index in [-0.39, 0.29) is 12.3 Å². The van der Waals surface area contributed by atoms with E-state index in [9.17, 15) is 14.7 Å². The number of nitrogens with one attached hydrogen (secondary N) is 1. The van der Waals surface area contributed by atoms with Crippen LogP contribution in [0.2, 0.25) is 0 Å². The molecule has 4 heteroatoms. The molecule has 1 saturated carbocycles. The molecule has 1 fully saturated rings. The largest absolute Gasteiger partial charge is 0.481 e. The molecule has 20 heavy (non-hydrogen) atoms. The Hall–Kier alpha value is -1.84. The van der Waals surface area contributed by atoms with E-state index in [1.165, 1.54) is 6.42 Å². The molecule has 0 heterocycles. The molecule has 2 rings (SSSR count). The number of aliphatic carboxylic acids is 1. The molecule has 1 atom stereocenters. The summed E-state index contributed by atoms with van der Waals surface area (Å²) in [6.07, 6.45) is 3.53. The van der Waals surface area contributed by atoms with Gasteiger partial charge in [0.2, 0.25) is 5.91 Å². The maximum atomic E-state index is 12.0. The highest BCUT2D eigenvalue weighted by atomic mass is 16.4. The van der Waals surface area contributed by atoms with Crippen molar-refractivity contribution in [3.05, 3.63) is 35.9 Å². The van der Waals surface area contributed by atoms with Crippen molar-refractivity contribution >= 4 is 11.9 Å². The number of carbonyl (C=O) groups is 2. The van der Waals surface area contributed by atoms with Crippen molar-refractivity contribution in [2.45, 2.75) is 38.0 Å². The summed E-state index contributed by atoms with van der Waals surface area (Å²) in [5, 5.41) is 12.4. The van der Waals surface area contributed by atoms with Crippen LogP contribution in [0, 0.1) is 5.92 Å². The number of hydrogen-bond acceptors (Lipinski definition) is 2. The Balaban J connectivity index is 2.01. The maximum absolute atomic E-state index is 12.0. The maximum Gasteiger partial charge on any atom is 0.314 e. The lowest BCUT2D eigenvalue weighted by Gasteiger charge is -2.28. The fraction of sp³-hybridized carbons (Fsp3) is 0.500. The van der Waals surface area contributed by atoms with Gasteiger partial charge in [0.25, 0.3) is 0 Å². The third-order valence-electron chi connectivity index (χ3n) is 4.21. The van der Waals surface area contributed by atoms with Crippen LogP contribution in [0.15, 0.2) is 30.3 Å². The van der Waals surface area contributed by atoms with Crippen molar-refractivity contribution < 1.29 is 14.7 Å². The molecule has 0 aliphatic heterocycles.